The Morgan fingerprint density at radius 1 is 1.08 bits per heavy atom. The van der Waals surface area contributed by atoms with E-state index in [1.54, 1.807) is 56.3 Å². The van der Waals surface area contributed by atoms with E-state index in [1.165, 1.54) is 11.0 Å². The first-order valence-corrected chi connectivity index (χ1v) is 12.6. The molecular weight excluding hydrogens is 507 g/mol. The van der Waals surface area contributed by atoms with Crippen molar-refractivity contribution < 1.29 is 38.4 Å². The van der Waals surface area contributed by atoms with E-state index in [0.29, 0.717) is 17.7 Å². The quantitative estimate of drug-likeness (QED) is 0.262. The number of amides is 5. The van der Waals surface area contributed by atoms with Crippen LogP contribution >= 0.6 is 0 Å². The number of fused-ring (bicyclic) bond motifs is 1. The van der Waals surface area contributed by atoms with Gasteiger partial charge in [0.1, 0.15) is 17.4 Å². The number of hydrogen-bond acceptors (Lipinski definition) is 8. The molecule has 2 atom stereocenters. The zero-order valence-electron chi connectivity index (χ0n) is 21.6. The largest absolute Gasteiger partial charge is 0.547 e. The zero-order valence-corrected chi connectivity index (χ0v) is 21.6. The van der Waals surface area contributed by atoms with Gasteiger partial charge in [-0.25, -0.2) is 9.59 Å². The smallest absolute Gasteiger partial charge is 0.534 e. The van der Waals surface area contributed by atoms with Crippen LogP contribution in [-0.2, 0) is 25.5 Å². The summed E-state index contributed by atoms with van der Waals surface area (Å²) in [6.07, 6.45) is 0.136. The minimum Gasteiger partial charge on any atom is -0.534 e. The van der Waals surface area contributed by atoms with Gasteiger partial charge >= 0.3 is 30.9 Å². The molecular formula is C26H29BN4O8. The highest BCUT2D eigenvalue weighted by Crippen LogP contribution is 2.31. The van der Waals surface area contributed by atoms with Crippen molar-refractivity contribution in [2.24, 2.45) is 0 Å². The van der Waals surface area contributed by atoms with Crippen LogP contribution in [0.25, 0.3) is 0 Å². The summed E-state index contributed by atoms with van der Waals surface area (Å²) in [5, 5.41) is 15.9. The second kappa shape index (κ2) is 12.0. The molecule has 2 aliphatic rings. The highest BCUT2D eigenvalue weighted by atomic mass is 16.5. The number of urea groups is 1. The van der Waals surface area contributed by atoms with E-state index in [1.807, 2.05) is 0 Å². The van der Waals surface area contributed by atoms with E-state index in [9.17, 15) is 29.0 Å². The zero-order chi connectivity index (χ0) is 28.1. The maximum Gasteiger partial charge on any atom is 0.547 e. The summed E-state index contributed by atoms with van der Waals surface area (Å²) in [5.74, 6) is -3.76. The molecule has 0 aliphatic carbocycles. The summed E-state index contributed by atoms with van der Waals surface area (Å²) in [7, 11) is -1.49. The average Bonchev–Trinajstić information content (AvgIpc) is 2.93. The Bertz CT molecular complexity index is 1270. The van der Waals surface area contributed by atoms with Crippen LogP contribution in [0.5, 0.6) is 5.75 Å². The van der Waals surface area contributed by atoms with Crippen molar-refractivity contribution in [2.45, 2.75) is 32.3 Å². The van der Waals surface area contributed by atoms with Crippen molar-refractivity contribution in [3.63, 3.8) is 0 Å². The average molecular weight is 536 g/mol. The van der Waals surface area contributed by atoms with Crippen molar-refractivity contribution in [3.05, 3.63) is 65.2 Å². The molecule has 1 saturated heterocycles. The maximum atomic E-state index is 13.4. The molecule has 0 radical (unpaired) electrons. The summed E-state index contributed by atoms with van der Waals surface area (Å²) < 4.78 is 10.7. The van der Waals surface area contributed by atoms with Gasteiger partial charge in [0.2, 0.25) is 5.91 Å². The van der Waals surface area contributed by atoms with Gasteiger partial charge in [-0.2, -0.15) is 0 Å². The third-order valence-corrected chi connectivity index (χ3v) is 6.54. The third-order valence-electron chi connectivity index (χ3n) is 6.54. The van der Waals surface area contributed by atoms with Crippen LogP contribution in [-0.4, -0.2) is 83.8 Å². The van der Waals surface area contributed by atoms with E-state index in [-0.39, 0.29) is 37.4 Å². The molecule has 5 amide bonds. The number of para-hydroxylation sites is 1. The van der Waals surface area contributed by atoms with Gasteiger partial charge in [0.05, 0.1) is 12.5 Å². The topological polar surface area (TPSA) is 155 Å². The van der Waals surface area contributed by atoms with Crippen LogP contribution in [0.15, 0.2) is 48.5 Å². The number of nitrogens with zero attached hydrogens (tertiary/aromatic N) is 2. The van der Waals surface area contributed by atoms with Crippen LogP contribution in [0, 0.1) is 0 Å². The van der Waals surface area contributed by atoms with Gasteiger partial charge in [-0.1, -0.05) is 42.5 Å². The van der Waals surface area contributed by atoms with Crippen molar-refractivity contribution in [1.82, 2.24) is 20.4 Å². The number of imide groups is 1. The SMILES string of the molecule is CCOC(=O)c1cccc2c1OB(O)[C@@H](NC(=O)C(NC(=O)N1CCN(CC)C(=O)C1=O)c1ccccc1)C2. The molecule has 2 aromatic carbocycles. The molecule has 4 rings (SSSR count). The fourth-order valence-electron chi connectivity index (χ4n) is 4.50. The number of nitrogens with one attached hydrogen (secondary N) is 2. The van der Waals surface area contributed by atoms with Gasteiger partial charge in [-0.15, -0.1) is 0 Å². The van der Waals surface area contributed by atoms with Crippen LogP contribution in [0.3, 0.4) is 0 Å². The monoisotopic (exact) mass is 536 g/mol. The Morgan fingerprint density at radius 2 is 1.82 bits per heavy atom. The second-order valence-electron chi connectivity index (χ2n) is 8.98. The van der Waals surface area contributed by atoms with Gasteiger partial charge in [0, 0.05) is 19.6 Å². The predicted molar refractivity (Wildman–Crippen MR) is 138 cm³/mol. The number of esters is 1. The Hall–Kier alpha value is -4.39. The Kier molecular flexibility index (Phi) is 8.50. The molecule has 2 heterocycles. The van der Waals surface area contributed by atoms with Crippen molar-refractivity contribution in [3.8, 4) is 5.75 Å². The fraction of sp³-hybridized carbons (Fsp3) is 0.346. The van der Waals surface area contributed by atoms with Gasteiger partial charge in [0.25, 0.3) is 0 Å². The molecule has 13 heteroatoms. The minimum atomic E-state index is -1.49. The van der Waals surface area contributed by atoms with Crippen LogP contribution in [0.1, 0.15) is 41.4 Å². The highest BCUT2D eigenvalue weighted by molar-refractivity contribution is 6.47. The standard InChI is InChI=1S/C26H29BN4O8/c1-3-30-13-14-31(24(34)23(30)33)26(36)29-20(16-9-6-5-7-10-16)22(32)28-19-15-17-11-8-12-18(25(35)38-4-2)21(17)39-27(19)37/h5-12,19-20,37H,3-4,13-15H2,1-2H3,(H,28,32)(H,29,36)/t19-,20?/m0/s1. The van der Waals surface area contributed by atoms with E-state index in [0.717, 1.165) is 4.90 Å². The lowest BCUT2D eigenvalue weighted by molar-refractivity contribution is -0.153. The second-order valence-corrected chi connectivity index (χ2v) is 8.98. The summed E-state index contributed by atoms with van der Waals surface area (Å²) in [6.45, 7) is 4.10. The van der Waals surface area contributed by atoms with E-state index in [4.69, 9.17) is 9.39 Å². The third kappa shape index (κ3) is 5.88. The fourth-order valence-corrected chi connectivity index (χ4v) is 4.50. The van der Waals surface area contributed by atoms with Gasteiger partial charge in [-0.3, -0.25) is 19.3 Å². The lowest BCUT2D eigenvalue weighted by Gasteiger charge is -2.33. The van der Waals surface area contributed by atoms with Gasteiger partial charge in [0.15, 0.2) is 0 Å². The number of rotatable bonds is 7. The molecule has 2 aliphatic heterocycles. The number of benzene rings is 2. The number of carbonyl (C=O) groups is 5. The molecule has 204 valence electrons. The summed E-state index contributed by atoms with van der Waals surface area (Å²) >= 11 is 0. The first-order chi connectivity index (χ1) is 18.7. The number of likely N-dealkylation sites (N-methyl/N-ethyl adjacent to an activating group) is 1. The van der Waals surface area contributed by atoms with Gasteiger partial charge < -0.3 is 29.9 Å². The number of ether oxygens (including phenoxy) is 1. The molecule has 2 aromatic rings. The number of hydrogen-bond donors (Lipinski definition) is 3. The molecule has 1 unspecified atom stereocenters. The first kappa shape index (κ1) is 27.6. The van der Waals surface area contributed by atoms with Crippen LogP contribution < -0.4 is 15.3 Å². The van der Waals surface area contributed by atoms with Gasteiger partial charge in [-0.05, 0) is 37.5 Å². The highest BCUT2D eigenvalue weighted by Gasteiger charge is 2.41. The molecule has 0 saturated carbocycles. The van der Waals surface area contributed by atoms with Crippen molar-refractivity contribution in [1.29, 1.82) is 0 Å². The van der Waals surface area contributed by atoms with E-state index < -0.39 is 48.8 Å². The molecule has 1 fully saturated rings. The number of carbonyl (C=O) groups excluding carboxylic acids is 5. The molecule has 12 nitrogen and oxygen atoms in total. The predicted octanol–water partition coefficient (Wildman–Crippen LogP) is 0.444. The first-order valence-electron chi connectivity index (χ1n) is 12.6. The summed E-state index contributed by atoms with van der Waals surface area (Å²) in [6, 6.07) is 11.1. The molecule has 0 aromatic heterocycles. The van der Waals surface area contributed by atoms with E-state index >= 15 is 0 Å². The van der Waals surface area contributed by atoms with Crippen molar-refractivity contribution >= 4 is 36.8 Å². The van der Waals surface area contributed by atoms with Crippen molar-refractivity contribution in [2.75, 3.05) is 26.2 Å². The Morgan fingerprint density at radius 3 is 2.51 bits per heavy atom. The lowest BCUT2D eigenvalue weighted by atomic mass is 9.72. The van der Waals surface area contributed by atoms with Crippen LogP contribution in [0.2, 0.25) is 0 Å². The normalized spacial score (nSPS) is 17.6. The molecule has 0 bridgehead atoms. The summed E-state index contributed by atoms with van der Waals surface area (Å²) in [4.78, 5) is 65.7. The lowest BCUT2D eigenvalue weighted by Crippen LogP contribution is -2.60. The molecule has 0 spiro atoms. The minimum absolute atomic E-state index is 0.0118. The van der Waals surface area contributed by atoms with E-state index in [2.05, 4.69) is 10.6 Å². The maximum absolute atomic E-state index is 13.4. The number of piperazine rings is 1. The summed E-state index contributed by atoms with van der Waals surface area (Å²) in [5.41, 5.74) is 1.16. The Balaban J connectivity index is 1.52. The van der Waals surface area contributed by atoms with Crippen LogP contribution in [0.4, 0.5) is 4.79 Å². The Labute approximate surface area is 225 Å². The molecule has 39 heavy (non-hydrogen) atoms. The molecule has 3 N–H and O–H groups in total.